The molecule has 1 saturated carbocycles. The van der Waals surface area contributed by atoms with Crippen LogP contribution in [0.25, 0.3) is 5.69 Å². The van der Waals surface area contributed by atoms with E-state index in [-0.39, 0.29) is 11.8 Å². The van der Waals surface area contributed by atoms with Gasteiger partial charge in [-0.15, -0.1) is 0 Å². The fourth-order valence-electron chi connectivity index (χ4n) is 4.53. The van der Waals surface area contributed by atoms with Gasteiger partial charge in [0, 0.05) is 58.1 Å². The molecular weight excluding hydrogens is 382 g/mol. The van der Waals surface area contributed by atoms with Crippen LogP contribution in [0.15, 0.2) is 41.3 Å². The predicted molar refractivity (Wildman–Crippen MR) is 114 cm³/mol. The number of carbonyl (C=O) groups excluding carboxylic acids is 1. The topological polar surface area (TPSA) is 109 Å². The second kappa shape index (κ2) is 7.82. The molecule has 1 aliphatic carbocycles. The van der Waals surface area contributed by atoms with E-state index in [4.69, 9.17) is 5.73 Å². The normalized spacial score (nSPS) is 25.8. The first-order chi connectivity index (χ1) is 14.6. The van der Waals surface area contributed by atoms with Crippen LogP contribution in [0.1, 0.15) is 5.56 Å². The average molecular weight is 409 g/mol. The lowest BCUT2D eigenvalue weighted by Crippen LogP contribution is -2.48. The van der Waals surface area contributed by atoms with Gasteiger partial charge in [-0.3, -0.25) is 14.8 Å². The van der Waals surface area contributed by atoms with Gasteiger partial charge in [0.15, 0.2) is 0 Å². The smallest absolute Gasteiger partial charge is 0.327 e. The number of likely N-dealkylation sites (tertiary alicyclic amines) is 1. The highest BCUT2D eigenvalue weighted by molar-refractivity contribution is 5.88. The average Bonchev–Trinajstić information content (AvgIpc) is 3.16. The lowest BCUT2D eigenvalue weighted by molar-refractivity contribution is 0.204. The molecular formula is C21H27N7O2. The van der Waals surface area contributed by atoms with Crippen molar-refractivity contribution in [3.63, 3.8) is 0 Å². The van der Waals surface area contributed by atoms with E-state index in [1.54, 1.807) is 17.2 Å². The van der Waals surface area contributed by atoms with Crippen molar-refractivity contribution in [3.05, 3.63) is 52.6 Å². The fourth-order valence-corrected chi connectivity index (χ4v) is 4.53. The summed E-state index contributed by atoms with van der Waals surface area (Å²) < 4.78 is 1.48. The number of nitrogens with one attached hydrogen (secondary N) is 2. The Bertz CT molecular complexity index is 972. The van der Waals surface area contributed by atoms with Gasteiger partial charge in [-0.05, 0) is 35.6 Å². The number of aromatic nitrogens is 2. The summed E-state index contributed by atoms with van der Waals surface area (Å²) in [5.41, 5.74) is 7.56. The number of carbonyl (C=O) groups is 1. The monoisotopic (exact) mass is 409 g/mol. The fraction of sp³-hybridized carbons (Fsp3) is 0.476. The van der Waals surface area contributed by atoms with E-state index in [2.05, 4.69) is 20.5 Å². The largest absolute Gasteiger partial charge is 0.354 e. The Hall–Kier alpha value is -2.75. The molecule has 2 saturated heterocycles. The first-order valence-corrected chi connectivity index (χ1v) is 10.5. The number of fused-ring (bicyclic) bond motifs is 1. The van der Waals surface area contributed by atoms with Crippen molar-refractivity contribution >= 4 is 11.8 Å². The molecule has 9 nitrogen and oxygen atoms in total. The van der Waals surface area contributed by atoms with Gasteiger partial charge in [0.25, 0.3) is 0 Å². The summed E-state index contributed by atoms with van der Waals surface area (Å²) in [6.45, 7) is 5.89. The van der Waals surface area contributed by atoms with Crippen LogP contribution < -0.4 is 22.1 Å². The molecule has 9 heteroatoms. The lowest BCUT2D eigenvalue weighted by Gasteiger charge is -2.27. The zero-order valence-electron chi connectivity index (χ0n) is 16.8. The molecule has 3 atom stereocenters. The van der Waals surface area contributed by atoms with Crippen LogP contribution in [0.5, 0.6) is 0 Å². The molecule has 1 aromatic carbocycles. The van der Waals surface area contributed by atoms with E-state index in [0.29, 0.717) is 31.0 Å². The second-order valence-electron chi connectivity index (χ2n) is 8.40. The Morgan fingerprint density at radius 2 is 1.83 bits per heavy atom. The molecule has 2 amide bonds. The van der Waals surface area contributed by atoms with Gasteiger partial charge < -0.3 is 16.0 Å². The van der Waals surface area contributed by atoms with E-state index in [0.717, 1.165) is 38.4 Å². The molecule has 2 aliphatic heterocycles. The number of anilines is 1. The van der Waals surface area contributed by atoms with Crippen molar-refractivity contribution in [1.29, 1.82) is 0 Å². The molecule has 30 heavy (non-hydrogen) atoms. The Balaban J connectivity index is 1.22. The summed E-state index contributed by atoms with van der Waals surface area (Å²) >= 11 is 0. The van der Waals surface area contributed by atoms with Gasteiger partial charge in [0.2, 0.25) is 0 Å². The molecule has 1 aromatic heterocycles. The van der Waals surface area contributed by atoms with Crippen LogP contribution in [0.4, 0.5) is 10.6 Å². The number of benzene rings is 1. The maximum absolute atomic E-state index is 12.5. The molecule has 158 valence electrons. The van der Waals surface area contributed by atoms with E-state index < -0.39 is 5.69 Å². The summed E-state index contributed by atoms with van der Waals surface area (Å²) in [4.78, 5) is 32.9. The van der Waals surface area contributed by atoms with Crippen LogP contribution in [-0.2, 0) is 6.54 Å². The van der Waals surface area contributed by atoms with Crippen molar-refractivity contribution in [2.24, 2.45) is 17.6 Å². The molecule has 0 bridgehead atoms. The summed E-state index contributed by atoms with van der Waals surface area (Å²) in [7, 11) is 0. The summed E-state index contributed by atoms with van der Waals surface area (Å²) in [5.74, 6) is 1.63. The maximum Gasteiger partial charge on any atom is 0.354 e. The Kier molecular flexibility index (Phi) is 5.01. The van der Waals surface area contributed by atoms with E-state index in [1.807, 2.05) is 24.3 Å². The van der Waals surface area contributed by atoms with Crippen molar-refractivity contribution in [1.82, 2.24) is 24.7 Å². The highest BCUT2D eigenvalue weighted by atomic mass is 16.2. The first kappa shape index (κ1) is 19.2. The highest BCUT2D eigenvalue weighted by Crippen LogP contribution is 2.44. The van der Waals surface area contributed by atoms with Crippen molar-refractivity contribution < 1.29 is 4.79 Å². The first-order valence-electron chi connectivity index (χ1n) is 10.5. The van der Waals surface area contributed by atoms with Crippen molar-refractivity contribution in [3.8, 4) is 5.69 Å². The molecule has 2 aromatic rings. The van der Waals surface area contributed by atoms with Crippen LogP contribution in [0.3, 0.4) is 0 Å². The number of piperidine rings is 1. The number of rotatable bonds is 4. The van der Waals surface area contributed by atoms with Gasteiger partial charge in [-0.1, -0.05) is 12.1 Å². The second-order valence-corrected chi connectivity index (χ2v) is 8.40. The number of nitrogens with zero attached hydrogens (tertiary/aromatic N) is 4. The third-order valence-corrected chi connectivity index (χ3v) is 6.40. The molecule has 3 fully saturated rings. The van der Waals surface area contributed by atoms with Crippen LogP contribution in [-0.4, -0.2) is 70.7 Å². The molecule has 1 unspecified atom stereocenters. The minimum atomic E-state index is -0.422. The number of piperazine rings is 1. The number of hydrogen-bond donors (Lipinski definition) is 3. The Morgan fingerprint density at radius 1 is 1.13 bits per heavy atom. The van der Waals surface area contributed by atoms with Crippen LogP contribution >= 0.6 is 0 Å². The van der Waals surface area contributed by atoms with Gasteiger partial charge >= 0.3 is 11.7 Å². The van der Waals surface area contributed by atoms with Gasteiger partial charge in [-0.2, -0.15) is 4.98 Å². The standard InChI is InChI=1S/C21H27N7O2/c22-19-16-12-26(13-17(16)19)11-14-1-3-15(4-2-14)28-8-5-18(25-21(28)30)24-20(29)27-9-6-23-7-10-27/h1-5,8,16-17,19,23H,6-7,9-13,22H2,(H,24,25,29,30)/t16-,17?,19+/m0/s1. The maximum atomic E-state index is 12.5. The molecule has 3 heterocycles. The molecule has 0 spiro atoms. The van der Waals surface area contributed by atoms with Gasteiger partial charge in [0.05, 0.1) is 5.69 Å². The van der Waals surface area contributed by atoms with E-state index in [1.165, 1.54) is 10.1 Å². The van der Waals surface area contributed by atoms with E-state index >= 15 is 0 Å². The van der Waals surface area contributed by atoms with E-state index in [9.17, 15) is 9.59 Å². The number of amides is 2. The third-order valence-electron chi connectivity index (χ3n) is 6.40. The van der Waals surface area contributed by atoms with Crippen LogP contribution in [0.2, 0.25) is 0 Å². The molecule has 5 rings (SSSR count). The summed E-state index contributed by atoms with van der Waals surface area (Å²) in [6.07, 6.45) is 1.65. The van der Waals surface area contributed by atoms with Crippen molar-refractivity contribution in [2.45, 2.75) is 12.6 Å². The van der Waals surface area contributed by atoms with Gasteiger partial charge in [-0.25, -0.2) is 9.59 Å². The molecule has 4 N–H and O–H groups in total. The Morgan fingerprint density at radius 3 is 2.50 bits per heavy atom. The zero-order chi connectivity index (χ0) is 20.7. The minimum Gasteiger partial charge on any atom is -0.327 e. The zero-order valence-corrected chi connectivity index (χ0v) is 16.8. The van der Waals surface area contributed by atoms with Crippen molar-refractivity contribution in [2.75, 3.05) is 44.6 Å². The third kappa shape index (κ3) is 3.83. The minimum absolute atomic E-state index is 0.231. The number of urea groups is 1. The molecule has 0 radical (unpaired) electrons. The lowest BCUT2D eigenvalue weighted by atomic mass is 10.2. The SMILES string of the molecule is N[C@H]1C2CN(Cc3ccc(-n4ccc(NC(=O)N5CCNCC5)nc4=O)cc3)C[C@@H]21. The summed E-state index contributed by atoms with van der Waals surface area (Å²) in [6, 6.07) is 9.78. The quantitative estimate of drug-likeness (QED) is 0.659. The van der Waals surface area contributed by atoms with Gasteiger partial charge in [0.1, 0.15) is 5.82 Å². The predicted octanol–water partition coefficient (Wildman–Crippen LogP) is 0.0585. The summed E-state index contributed by atoms with van der Waals surface area (Å²) in [5, 5.41) is 5.91. The number of hydrogen-bond acceptors (Lipinski definition) is 6. The Labute approximate surface area is 174 Å². The highest BCUT2D eigenvalue weighted by Gasteiger charge is 2.53. The molecule has 3 aliphatic rings. The number of nitrogens with two attached hydrogens (primary N) is 1. The van der Waals surface area contributed by atoms with Crippen LogP contribution in [0, 0.1) is 11.8 Å².